The van der Waals surface area contributed by atoms with Crippen LogP contribution in [0.4, 0.5) is 5.95 Å². The second-order valence-corrected chi connectivity index (χ2v) is 5.79. The summed E-state index contributed by atoms with van der Waals surface area (Å²) < 4.78 is 22.9. The predicted octanol–water partition coefficient (Wildman–Crippen LogP) is -0.804. The van der Waals surface area contributed by atoms with Gasteiger partial charge in [0.05, 0.1) is 5.75 Å². The molecule has 0 saturated heterocycles. The highest BCUT2D eigenvalue weighted by Crippen LogP contribution is 2.08. The number of sulfonamides is 1. The van der Waals surface area contributed by atoms with Crippen molar-refractivity contribution in [3.8, 4) is 5.95 Å². The Balaban J connectivity index is 2.02. The molecular weight excluding hydrogens is 308 g/mol. The molecule has 20 heavy (non-hydrogen) atoms. The standard InChI is InChI=1S/C8H11ClN8O2S/c9-6-14-7(12-2-1-3-20(10,18)19)16-8(15-6)17-5-11-4-13-17/h4-5H,1-3H2,(H2,10,18,19)(H,12,14,15,16). The maximum Gasteiger partial charge on any atom is 0.258 e. The third-order valence-electron chi connectivity index (χ3n) is 2.11. The maximum atomic E-state index is 10.8. The minimum absolute atomic E-state index is 0.0144. The first-order chi connectivity index (χ1) is 9.44. The number of anilines is 1. The zero-order valence-corrected chi connectivity index (χ0v) is 11.7. The molecule has 0 fully saturated rings. The molecule has 0 amide bonds. The summed E-state index contributed by atoms with van der Waals surface area (Å²) >= 11 is 5.77. The van der Waals surface area contributed by atoms with Crippen LogP contribution in [0.2, 0.25) is 5.28 Å². The largest absolute Gasteiger partial charge is 0.354 e. The van der Waals surface area contributed by atoms with E-state index in [1.807, 2.05) is 0 Å². The highest BCUT2D eigenvalue weighted by molar-refractivity contribution is 7.89. The van der Waals surface area contributed by atoms with Crippen LogP contribution in [-0.2, 0) is 10.0 Å². The van der Waals surface area contributed by atoms with Crippen molar-refractivity contribution in [1.29, 1.82) is 0 Å². The zero-order chi connectivity index (χ0) is 14.6. The molecule has 108 valence electrons. The number of nitrogens with one attached hydrogen (secondary N) is 1. The van der Waals surface area contributed by atoms with Crippen molar-refractivity contribution in [1.82, 2.24) is 29.7 Å². The van der Waals surface area contributed by atoms with Gasteiger partial charge in [0.15, 0.2) is 0 Å². The molecule has 0 radical (unpaired) electrons. The molecule has 0 aliphatic rings. The molecule has 0 aromatic carbocycles. The average molecular weight is 319 g/mol. The van der Waals surface area contributed by atoms with E-state index in [4.69, 9.17) is 16.7 Å². The van der Waals surface area contributed by atoms with Crippen LogP contribution in [0.15, 0.2) is 12.7 Å². The van der Waals surface area contributed by atoms with E-state index in [2.05, 4.69) is 30.4 Å². The van der Waals surface area contributed by atoms with E-state index in [1.54, 1.807) is 0 Å². The summed E-state index contributed by atoms with van der Waals surface area (Å²) in [6.07, 6.45) is 3.06. The van der Waals surface area contributed by atoms with Gasteiger partial charge < -0.3 is 5.32 Å². The third-order valence-corrected chi connectivity index (χ3v) is 3.14. The molecule has 2 aromatic rings. The predicted molar refractivity (Wildman–Crippen MR) is 70.8 cm³/mol. The fraction of sp³-hybridized carbons (Fsp3) is 0.375. The summed E-state index contributed by atoms with van der Waals surface area (Å²) in [5, 5.41) is 11.6. The topological polar surface area (TPSA) is 142 Å². The van der Waals surface area contributed by atoms with E-state index in [0.29, 0.717) is 13.0 Å². The van der Waals surface area contributed by atoms with Crippen LogP contribution >= 0.6 is 11.6 Å². The van der Waals surface area contributed by atoms with Gasteiger partial charge in [-0.05, 0) is 18.0 Å². The number of hydrogen-bond donors (Lipinski definition) is 2. The molecule has 0 aliphatic carbocycles. The lowest BCUT2D eigenvalue weighted by molar-refractivity contribution is 0.595. The number of halogens is 1. The van der Waals surface area contributed by atoms with Gasteiger partial charge in [0.1, 0.15) is 12.7 Å². The van der Waals surface area contributed by atoms with Crippen molar-refractivity contribution < 1.29 is 8.42 Å². The SMILES string of the molecule is NS(=O)(=O)CCCNc1nc(Cl)nc(-n2cncn2)n1. The second-order valence-electron chi connectivity index (χ2n) is 3.72. The quantitative estimate of drug-likeness (QED) is 0.659. The zero-order valence-electron chi connectivity index (χ0n) is 10.1. The first kappa shape index (κ1) is 14.6. The number of nitrogens with zero attached hydrogens (tertiary/aromatic N) is 6. The molecule has 0 spiro atoms. The smallest absolute Gasteiger partial charge is 0.258 e. The summed E-state index contributed by atoms with van der Waals surface area (Å²) in [4.78, 5) is 15.6. The summed E-state index contributed by atoms with van der Waals surface area (Å²) in [5.74, 6) is 0.288. The fourth-order valence-corrected chi connectivity index (χ4v) is 2.01. The minimum Gasteiger partial charge on any atom is -0.354 e. The summed E-state index contributed by atoms with van der Waals surface area (Å²) in [5.41, 5.74) is 0. The summed E-state index contributed by atoms with van der Waals surface area (Å²) in [6.45, 7) is 0.327. The molecule has 3 N–H and O–H groups in total. The maximum absolute atomic E-state index is 10.8. The fourth-order valence-electron chi connectivity index (χ4n) is 1.31. The van der Waals surface area contributed by atoms with Crippen LogP contribution in [0.1, 0.15) is 6.42 Å². The van der Waals surface area contributed by atoms with Crippen molar-refractivity contribution in [2.75, 3.05) is 17.6 Å². The Labute approximate surface area is 119 Å². The van der Waals surface area contributed by atoms with Crippen molar-refractivity contribution in [2.24, 2.45) is 5.14 Å². The van der Waals surface area contributed by atoms with Crippen LogP contribution in [0.5, 0.6) is 0 Å². The van der Waals surface area contributed by atoms with Crippen molar-refractivity contribution in [3.05, 3.63) is 17.9 Å². The summed E-state index contributed by atoms with van der Waals surface area (Å²) in [6, 6.07) is 0. The van der Waals surface area contributed by atoms with Gasteiger partial charge >= 0.3 is 0 Å². The van der Waals surface area contributed by atoms with Gasteiger partial charge in [-0.3, -0.25) is 0 Å². The Hall–Kier alpha value is -1.85. The Morgan fingerprint density at radius 2 is 2.15 bits per heavy atom. The lowest BCUT2D eigenvalue weighted by Crippen LogP contribution is -2.19. The van der Waals surface area contributed by atoms with E-state index < -0.39 is 10.0 Å². The number of primary sulfonamides is 1. The second kappa shape index (κ2) is 6.07. The van der Waals surface area contributed by atoms with Gasteiger partial charge in [-0.25, -0.2) is 18.5 Å². The Morgan fingerprint density at radius 3 is 2.80 bits per heavy atom. The molecule has 2 rings (SSSR count). The monoisotopic (exact) mass is 318 g/mol. The number of hydrogen-bond acceptors (Lipinski definition) is 8. The third kappa shape index (κ3) is 4.36. The Kier molecular flexibility index (Phi) is 4.42. The van der Waals surface area contributed by atoms with Gasteiger partial charge in [-0.1, -0.05) is 0 Å². The molecule has 2 aromatic heterocycles. The highest BCUT2D eigenvalue weighted by Gasteiger charge is 2.08. The lowest BCUT2D eigenvalue weighted by Gasteiger charge is -2.06. The molecule has 0 aliphatic heterocycles. The lowest BCUT2D eigenvalue weighted by atomic mass is 10.5. The minimum atomic E-state index is -3.47. The molecular formula is C8H11ClN8O2S. The van der Waals surface area contributed by atoms with E-state index in [0.717, 1.165) is 0 Å². The molecule has 0 unspecified atom stereocenters. The molecule has 0 saturated carbocycles. The van der Waals surface area contributed by atoms with Crippen molar-refractivity contribution >= 4 is 27.6 Å². The number of rotatable bonds is 6. The van der Waals surface area contributed by atoms with Gasteiger partial charge in [0, 0.05) is 6.54 Å². The van der Waals surface area contributed by atoms with E-state index in [1.165, 1.54) is 17.3 Å². The summed E-state index contributed by atoms with van der Waals surface area (Å²) in [7, 11) is -3.47. The van der Waals surface area contributed by atoms with Crippen molar-refractivity contribution in [3.63, 3.8) is 0 Å². The van der Waals surface area contributed by atoms with Crippen LogP contribution in [0, 0.1) is 0 Å². The van der Waals surface area contributed by atoms with Crippen molar-refractivity contribution in [2.45, 2.75) is 6.42 Å². The first-order valence-electron chi connectivity index (χ1n) is 5.45. The number of nitrogens with two attached hydrogens (primary N) is 1. The van der Waals surface area contributed by atoms with Gasteiger partial charge in [0.2, 0.25) is 21.3 Å². The normalized spacial score (nSPS) is 11.5. The van der Waals surface area contributed by atoms with Crippen LogP contribution in [0.3, 0.4) is 0 Å². The first-order valence-corrected chi connectivity index (χ1v) is 7.54. The Bertz CT molecular complexity index is 674. The molecule has 0 atom stereocenters. The van der Waals surface area contributed by atoms with Gasteiger partial charge in [0.25, 0.3) is 5.95 Å². The molecule has 2 heterocycles. The van der Waals surface area contributed by atoms with E-state index >= 15 is 0 Å². The van der Waals surface area contributed by atoms with Crippen LogP contribution < -0.4 is 10.5 Å². The molecule has 0 bridgehead atoms. The molecule has 10 nitrogen and oxygen atoms in total. The van der Waals surface area contributed by atoms with Gasteiger partial charge in [-0.15, -0.1) is 0 Å². The van der Waals surface area contributed by atoms with Gasteiger partial charge in [-0.2, -0.15) is 24.7 Å². The molecule has 12 heteroatoms. The average Bonchev–Trinajstić information content (AvgIpc) is 2.86. The van der Waals surface area contributed by atoms with E-state index in [-0.39, 0.29) is 22.9 Å². The Morgan fingerprint density at radius 1 is 1.35 bits per heavy atom. The highest BCUT2D eigenvalue weighted by atomic mass is 35.5. The number of aromatic nitrogens is 6. The van der Waals surface area contributed by atoms with Crippen LogP contribution in [0.25, 0.3) is 5.95 Å². The van der Waals surface area contributed by atoms with Crippen LogP contribution in [-0.4, -0.2) is 50.4 Å². The van der Waals surface area contributed by atoms with E-state index in [9.17, 15) is 8.42 Å².